The molecule has 0 atom stereocenters. The van der Waals surface area contributed by atoms with Gasteiger partial charge in [-0.1, -0.05) is 30.0 Å². The summed E-state index contributed by atoms with van der Waals surface area (Å²) < 4.78 is 5.88. The molecule has 1 aromatic carbocycles. The molecule has 0 fully saturated rings. The van der Waals surface area contributed by atoms with Gasteiger partial charge in [-0.05, 0) is 64.2 Å². The number of aromatic nitrogens is 2. The van der Waals surface area contributed by atoms with Gasteiger partial charge in [0.05, 0.1) is 5.75 Å². The number of thiophene rings is 1. The molecule has 0 aliphatic heterocycles. The van der Waals surface area contributed by atoms with E-state index in [0.29, 0.717) is 18.2 Å². The van der Waals surface area contributed by atoms with Gasteiger partial charge < -0.3 is 10.1 Å². The maximum absolute atomic E-state index is 12.4. The fourth-order valence-corrected chi connectivity index (χ4v) is 5.81. The lowest BCUT2D eigenvalue weighted by Gasteiger charge is -2.20. The largest absolute Gasteiger partial charge is 0.486 e. The number of carbonyl (C=O) groups is 1. The fourth-order valence-electron chi connectivity index (χ4n) is 3.59. The minimum Gasteiger partial charge on any atom is -0.486 e. The highest BCUT2D eigenvalue weighted by molar-refractivity contribution is 8.00. The molecule has 1 N–H and O–H groups in total. The molecule has 5 nitrogen and oxygen atoms in total. The Morgan fingerprint density at radius 3 is 2.70 bits per heavy atom. The summed E-state index contributed by atoms with van der Waals surface area (Å²) in [7, 11) is 0. The van der Waals surface area contributed by atoms with Gasteiger partial charge in [0.1, 0.15) is 22.2 Å². The van der Waals surface area contributed by atoms with Gasteiger partial charge >= 0.3 is 0 Å². The third kappa shape index (κ3) is 5.13. The van der Waals surface area contributed by atoms with E-state index in [1.54, 1.807) is 11.3 Å². The molecule has 1 aliphatic rings. The van der Waals surface area contributed by atoms with Crippen molar-refractivity contribution in [2.24, 2.45) is 0 Å². The van der Waals surface area contributed by atoms with E-state index >= 15 is 0 Å². The highest BCUT2D eigenvalue weighted by atomic mass is 32.2. The summed E-state index contributed by atoms with van der Waals surface area (Å²) in [5.41, 5.74) is 1.14. The number of amides is 1. The van der Waals surface area contributed by atoms with Gasteiger partial charge in [-0.15, -0.1) is 11.3 Å². The van der Waals surface area contributed by atoms with Crippen LogP contribution in [0.5, 0.6) is 5.75 Å². The van der Waals surface area contributed by atoms with Crippen LogP contribution < -0.4 is 10.1 Å². The maximum Gasteiger partial charge on any atom is 0.230 e. The first kappa shape index (κ1) is 21.1. The summed E-state index contributed by atoms with van der Waals surface area (Å²) in [4.78, 5) is 24.5. The van der Waals surface area contributed by atoms with Gasteiger partial charge in [-0.25, -0.2) is 9.97 Å². The molecule has 0 saturated carbocycles. The Labute approximate surface area is 185 Å². The summed E-state index contributed by atoms with van der Waals surface area (Å²) in [5.74, 6) is 1.81. The van der Waals surface area contributed by atoms with E-state index in [9.17, 15) is 4.79 Å². The molecule has 0 bridgehead atoms. The number of nitrogens with zero attached hydrogens (tertiary/aromatic N) is 2. The zero-order valence-corrected chi connectivity index (χ0v) is 19.3. The lowest BCUT2D eigenvalue weighted by Crippen LogP contribution is -2.41. The first-order chi connectivity index (χ1) is 14.4. The third-order valence-electron chi connectivity index (χ3n) is 4.79. The molecule has 7 heteroatoms. The number of aryl methyl sites for hydroxylation is 2. The van der Waals surface area contributed by atoms with E-state index in [4.69, 9.17) is 14.7 Å². The molecular formula is C23H27N3O2S2. The van der Waals surface area contributed by atoms with Crippen LogP contribution in [0.2, 0.25) is 0 Å². The number of thioether (sulfide) groups is 1. The second-order valence-corrected chi connectivity index (χ2v) is 10.6. The van der Waals surface area contributed by atoms with E-state index in [-0.39, 0.29) is 11.4 Å². The van der Waals surface area contributed by atoms with Crippen LogP contribution >= 0.6 is 23.1 Å². The Balaban J connectivity index is 1.61. The van der Waals surface area contributed by atoms with Crippen molar-refractivity contribution in [2.45, 2.75) is 63.6 Å². The van der Waals surface area contributed by atoms with E-state index in [0.717, 1.165) is 33.8 Å². The number of nitrogens with one attached hydrogen (secondary N) is 1. The molecule has 158 valence electrons. The molecule has 1 amide bonds. The van der Waals surface area contributed by atoms with Gasteiger partial charge in [-0.3, -0.25) is 4.79 Å². The monoisotopic (exact) mass is 441 g/mol. The lowest BCUT2D eigenvalue weighted by molar-refractivity contribution is -0.119. The minimum absolute atomic E-state index is 0.0189. The number of fused-ring (bicyclic) bond motifs is 3. The van der Waals surface area contributed by atoms with Crippen molar-refractivity contribution in [2.75, 3.05) is 5.75 Å². The Bertz CT molecular complexity index is 1040. The lowest BCUT2D eigenvalue weighted by atomic mass is 9.97. The minimum atomic E-state index is -0.241. The maximum atomic E-state index is 12.4. The summed E-state index contributed by atoms with van der Waals surface area (Å²) in [6.45, 7) is 6.29. The van der Waals surface area contributed by atoms with E-state index in [2.05, 4.69) is 5.32 Å². The van der Waals surface area contributed by atoms with Crippen LogP contribution in [0.25, 0.3) is 10.2 Å². The Kier molecular flexibility index (Phi) is 6.29. The third-order valence-corrected chi connectivity index (χ3v) is 6.95. The molecule has 1 aliphatic carbocycles. The smallest absolute Gasteiger partial charge is 0.230 e. The van der Waals surface area contributed by atoms with E-state index in [1.807, 2.05) is 51.1 Å². The van der Waals surface area contributed by atoms with Crippen molar-refractivity contribution in [3.05, 3.63) is 46.6 Å². The second kappa shape index (κ2) is 8.94. The molecule has 2 aromatic heterocycles. The van der Waals surface area contributed by atoms with E-state index < -0.39 is 0 Å². The average molecular weight is 442 g/mol. The summed E-state index contributed by atoms with van der Waals surface area (Å²) in [6, 6.07) is 9.70. The van der Waals surface area contributed by atoms with Crippen molar-refractivity contribution in [1.29, 1.82) is 0 Å². The van der Waals surface area contributed by atoms with Crippen molar-refractivity contribution < 1.29 is 9.53 Å². The molecule has 3 aromatic rings. The number of para-hydroxylation sites is 1. The predicted molar refractivity (Wildman–Crippen MR) is 123 cm³/mol. The zero-order chi connectivity index (χ0) is 21.1. The van der Waals surface area contributed by atoms with Gasteiger partial charge in [-0.2, -0.15) is 0 Å². The van der Waals surface area contributed by atoms with Gasteiger partial charge in [0, 0.05) is 15.8 Å². The molecule has 0 saturated heterocycles. The predicted octanol–water partition coefficient (Wildman–Crippen LogP) is 5.16. The van der Waals surface area contributed by atoms with Crippen molar-refractivity contribution in [3.8, 4) is 5.75 Å². The molecule has 0 spiro atoms. The van der Waals surface area contributed by atoms with Crippen LogP contribution in [0.15, 0.2) is 35.4 Å². The van der Waals surface area contributed by atoms with Crippen LogP contribution in [0.4, 0.5) is 0 Å². The Morgan fingerprint density at radius 2 is 1.93 bits per heavy atom. The van der Waals surface area contributed by atoms with Crippen molar-refractivity contribution in [1.82, 2.24) is 15.3 Å². The average Bonchev–Trinajstić information content (AvgIpc) is 3.08. The van der Waals surface area contributed by atoms with Crippen molar-refractivity contribution in [3.63, 3.8) is 0 Å². The molecule has 0 unspecified atom stereocenters. The van der Waals surface area contributed by atoms with Crippen LogP contribution in [0, 0.1) is 0 Å². The Morgan fingerprint density at radius 1 is 1.17 bits per heavy atom. The number of hydrogen-bond donors (Lipinski definition) is 1. The highest BCUT2D eigenvalue weighted by Gasteiger charge is 2.22. The summed E-state index contributed by atoms with van der Waals surface area (Å²) >= 11 is 3.27. The van der Waals surface area contributed by atoms with Crippen LogP contribution in [0.1, 0.15) is 49.9 Å². The molecule has 4 rings (SSSR count). The molecule has 2 heterocycles. The van der Waals surface area contributed by atoms with Gasteiger partial charge in [0.15, 0.2) is 5.82 Å². The molecular weight excluding hydrogens is 414 g/mol. The Hall–Kier alpha value is -2.12. The normalized spacial score (nSPS) is 13.8. The van der Waals surface area contributed by atoms with Crippen LogP contribution in [0.3, 0.4) is 0 Å². The van der Waals surface area contributed by atoms with E-state index in [1.165, 1.54) is 35.0 Å². The second-order valence-electron chi connectivity index (χ2n) is 8.52. The topological polar surface area (TPSA) is 64.1 Å². The van der Waals surface area contributed by atoms with Gasteiger partial charge in [0.2, 0.25) is 5.91 Å². The zero-order valence-electron chi connectivity index (χ0n) is 17.7. The number of benzene rings is 1. The first-order valence-corrected chi connectivity index (χ1v) is 12.1. The highest BCUT2D eigenvalue weighted by Crippen LogP contribution is 2.39. The van der Waals surface area contributed by atoms with Crippen molar-refractivity contribution >= 4 is 39.2 Å². The standard InChI is InChI=1S/C23H27N3O2S2/c1-23(2,3)26-19(27)14-29-21-20-16-11-7-8-12-17(16)30-22(20)25-18(24-21)13-28-15-9-5-4-6-10-15/h4-6,9-10H,7-8,11-14H2,1-3H3,(H,26,27). The molecule has 0 radical (unpaired) electrons. The van der Waals surface area contributed by atoms with Gasteiger partial charge in [0.25, 0.3) is 0 Å². The SMILES string of the molecule is CC(C)(C)NC(=O)CSc1nc(COc2ccccc2)nc2sc3c(c12)CCCC3. The number of hydrogen-bond acceptors (Lipinski definition) is 6. The fraction of sp³-hybridized carbons (Fsp3) is 0.435. The number of rotatable bonds is 6. The quantitative estimate of drug-likeness (QED) is 0.423. The van der Waals surface area contributed by atoms with Crippen LogP contribution in [-0.4, -0.2) is 27.2 Å². The molecule has 30 heavy (non-hydrogen) atoms. The number of ether oxygens (including phenoxy) is 1. The first-order valence-electron chi connectivity index (χ1n) is 10.3. The number of carbonyl (C=O) groups excluding carboxylic acids is 1. The van der Waals surface area contributed by atoms with Crippen LogP contribution in [-0.2, 0) is 24.2 Å². The summed E-state index contributed by atoms with van der Waals surface area (Å²) in [6.07, 6.45) is 4.61. The summed E-state index contributed by atoms with van der Waals surface area (Å²) in [5, 5.41) is 5.07.